The van der Waals surface area contributed by atoms with E-state index in [2.05, 4.69) is 36.9 Å². The Morgan fingerprint density at radius 3 is 2.46 bits per heavy atom. The molecule has 0 spiro atoms. The predicted octanol–water partition coefficient (Wildman–Crippen LogP) is 9.14. The first-order valence-electron chi connectivity index (χ1n) is 14.2. The maximum Gasteiger partial charge on any atom is 0.272 e. The van der Waals surface area contributed by atoms with E-state index < -0.39 is 17.1 Å². The number of hydrogen-bond donors (Lipinski definition) is 3. The third kappa shape index (κ3) is 8.95. The maximum absolute atomic E-state index is 13.5. The highest BCUT2D eigenvalue weighted by atomic mass is 79.9. The number of thiazole rings is 1. The van der Waals surface area contributed by atoms with E-state index in [1.807, 2.05) is 66.9 Å². The van der Waals surface area contributed by atoms with Crippen LogP contribution in [0.25, 0.3) is 17.3 Å². The molecule has 232 valence electrons. The highest BCUT2D eigenvalue weighted by Gasteiger charge is 2.21. The van der Waals surface area contributed by atoms with Crippen molar-refractivity contribution in [3.8, 4) is 11.3 Å². The zero-order valence-corrected chi connectivity index (χ0v) is 28.5. The molecule has 46 heavy (non-hydrogen) atoms. The van der Waals surface area contributed by atoms with Gasteiger partial charge >= 0.3 is 0 Å². The number of carbonyl (C=O) groups excluding carboxylic acids is 3. The minimum absolute atomic E-state index is 0.0791. The number of nitrogens with zero attached hydrogens (tertiary/aromatic N) is 1. The lowest BCUT2D eigenvalue weighted by Gasteiger charge is -2.15. The summed E-state index contributed by atoms with van der Waals surface area (Å²) < 4.78 is 0.838. The molecular weight excluding hydrogens is 704 g/mol. The van der Waals surface area contributed by atoms with E-state index in [4.69, 9.17) is 11.6 Å². The molecule has 0 radical (unpaired) electrons. The summed E-state index contributed by atoms with van der Waals surface area (Å²) in [5.74, 6) is -1.07. The Hall–Kier alpha value is -4.22. The van der Waals surface area contributed by atoms with Crippen LogP contribution >= 0.6 is 50.6 Å². The first-order valence-corrected chi connectivity index (χ1v) is 17.1. The van der Waals surface area contributed by atoms with E-state index >= 15 is 0 Å². The highest BCUT2D eigenvalue weighted by Crippen LogP contribution is 2.32. The first-order chi connectivity index (χ1) is 22.3. The van der Waals surface area contributed by atoms with Gasteiger partial charge in [-0.15, -0.1) is 23.1 Å². The molecule has 1 unspecified atom stereocenters. The van der Waals surface area contributed by atoms with E-state index in [0.717, 1.165) is 20.5 Å². The van der Waals surface area contributed by atoms with Gasteiger partial charge in [0.15, 0.2) is 5.13 Å². The Morgan fingerprint density at radius 1 is 0.935 bits per heavy atom. The second-order valence-corrected chi connectivity index (χ2v) is 13.4. The van der Waals surface area contributed by atoms with Crippen LogP contribution in [0.2, 0.25) is 5.02 Å². The standard InChI is InChI=1S/C35H28BrClN4O3S2/c1-2-31(34(44)41-35-40-30(21-45-35)27-16-6-7-17-28(27)37)46-26-15-9-14-25(20-26)38-33(43)29(19-22-10-8-13-24(36)18-22)39-32(42)23-11-4-3-5-12-23/h3-21,31H,2H2,1H3,(H,38,43)(H,39,42)(H,40,41,44)/b29-19+. The maximum atomic E-state index is 13.5. The molecule has 3 amide bonds. The fourth-order valence-corrected chi connectivity index (χ4v) is 6.72. The monoisotopic (exact) mass is 730 g/mol. The number of thioether (sulfide) groups is 1. The summed E-state index contributed by atoms with van der Waals surface area (Å²) in [5.41, 5.74) is 3.25. The second-order valence-electron chi connectivity index (χ2n) is 9.94. The van der Waals surface area contributed by atoms with Crippen LogP contribution in [0.5, 0.6) is 0 Å². The number of carbonyl (C=O) groups is 3. The molecule has 5 rings (SSSR count). The third-order valence-electron chi connectivity index (χ3n) is 6.61. The van der Waals surface area contributed by atoms with Crippen molar-refractivity contribution < 1.29 is 14.4 Å². The number of aromatic nitrogens is 1. The molecule has 0 aliphatic heterocycles. The largest absolute Gasteiger partial charge is 0.321 e. The lowest BCUT2D eigenvalue weighted by molar-refractivity contribution is -0.116. The Labute approximate surface area is 288 Å². The quantitative estimate of drug-likeness (QED) is 0.0930. The van der Waals surface area contributed by atoms with Gasteiger partial charge in [0.2, 0.25) is 5.91 Å². The molecule has 0 saturated heterocycles. The van der Waals surface area contributed by atoms with E-state index in [-0.39, 0.29) is 11.6 Å². The molecule has 4 aromatic carbocycles. The Bertz CT molecular complexity index is 1900. The van der Waals surface area contributed by atoms with Gasteiger partial charge in [0, 0.05) is 36.6 Å². The number of amides is 3. The summed E-state index contributed by atoms with van der Waals surface area (Å²) in [6.45, 7) is 1.94. The summed E-state index contributed by atoms with van der Waals surface area (Å²) in [6, 6.07) is 30.8. The fourth-order valence-electron chi connectivity index (χ4n) is 4.35. The van der Waals surface area contributed by atoms with E-state index in [0.29, 0.717) is 33.5 Å². The van der Waals surface area contributed by atoms with Crippen LogP contribution in [0.4, 0.5) is 10.8 Å². The lowest BCUT2D eigenvalue weighted by atomic mass is 10.1. The van der Waals surface area contributed by atoms with Crippen molar-refractivity contribution in [2.75, 3.05) is 10.6 Å². The molecule has 11 heteroatoms. The normalized spacial score (nSPS) is 11.8. The zero-order valence-electron chi connectivity index (χ0n) is 24.5. The summed E-state index contributed by atoms with van der Waals surface area (Å²) in [7, 11) is 0. The topological polar surface area (TPSA) is 100 Å². The van der Waals surface area contributed by atoms with Gasteiger partial charge in [-0.25, -0.2) is 4.98 Å². The van der Waals surface area contributed by atoms with Crippen LogP contribution in [-0.4, -0.2) is 28.0 Å². The molecule has 0 saturated carbocycles. The molecule has 3 N–H and O–H groups in total. The third-order valence-corrected chi connectivity index (χ3v) is 9.54. The number of anilines is 2. The minimum Gasteiger partial charge on any atom is -0.321 e. The van der Waals surface area contributed by atoms with Gasteiger partial charge in [-0.05, 0) is 66.6 Å². The SMILES string of the molecule is CCC(Sc1cccc(NC(=O)/C(=C\c2cccc(Br)c2)NC(=O)c2ccccc2)c1)C(=O)Nc1nc(-c2ccccc2Cl)cs1. The van der Waals surface area contributed by atoms with Crippen molar-refractivity contribution >= 4 is 85.2 Å². The smallest absolute Gasteiger partial charge is 0.272 e. The van der Waals surface area contributed by atoms with Crippen molar-refractivity contribution in [1.82, 2.24) is 10.3 Å². The van der Waals surface area contributed by atoms with Gasteiger partial charge in [0.1, 0.15) is 5.70 Å². The van der Waals surface area contributed by atoms with Gasteiger partial charge in [-0.1, -0.05) is 89.1 Å². The molecular formula is C35H28BrClN4O3S2. The second kappa shape index (κ2) is 15.9. The van der Waals surface area contributed by atoms with Gasteiger partial charge in [0.05, 0.1) is 10.9 Å². The van der Waals surface area contributed by atoms with Crippen molar-refractivity contribution in [1.29, 1.82) is 0 Å². The summed E-state index contributed by atoms with van der Waals surface area (Å²) in [4.78, 5) is 45.0. The van der Waals surface area contributed by atoms with Crippen LogP contribution in [0.15, 0.2) is 124 Å². The summed E-state index contributed by atoms with van der Waals surface area (Å²) >= 11 is 12.5. The molecule has 7 nitrogen and oxygen atoms in total. The van der Waals surface area contributed by atoms with Gasteiger partial charge in [-0.3, -0.25) is 14.4 Å². The van der Waals surface area contributed by atoms with Crippen LogP contribution < -0.4 is 16.0 Å². The zero-order chi connectivity index (χ0) is 32.5. The molecule has 0 bridgehead atoms. The summed E-state index contributed by atoms with van der Waals surface area (Å²) in [6.07, 6.45) is 2.19. The molecule has 1 aromatic heterocycles. The van der Waals surface area contributed by atoms with E-state index in [1.54, 1.807) is 54.6 Å². The number of rotatable bonds is 11. The number of halogens is 2. The van der Waals surface area contributed by atoms with Crippen LogP contribution in [-0.2, 0) is 9.59 Å². The van der Waals surface area contributed by atoms with Crippen molar-refractivity contribution in [3.05, 3.63) is 135 Å². The minimum atomic E-state index is -0.491. The van der Waals surface area contributed by atoms with Gasteiger partial charge in [-0.2, -0.15) is 0 Å². The number of nitrogens with one attached hydrogen (secondary N) is 3. The Morgan fingerprint density at radius 2 is 1.70 bits per heavy atom. The Kier molecular flexibility index (Phi) is 11.4. The fraction of sp³-hybridized carbons (Fsp3) is 0.0857. The van der Waals surface area contributed by atoms with Crippen molar-refractivity contribution in [3.63, 3.8) is 0 Å². The van der Waals surface area contributed by atoms with E-state index in [1.165, 1.54) is 23.1 Å². The van der Waals surface area contributed by atoms with E-state index in [9.17, 15) is 14.4 Å². The highest BCUT2D eigenvalue weighted by molar-refractivity contribution is 9.10. The first kappa shape index (κ1) is 33.2. The molecule has 0 fully saturated rings. The van der Waals surface area contributed by atoms with Crippen LogP contribution in [0, 0.1) is 0 Å². The van der Waals surface area contributed by atoms with Crippen LogP contribution in [0.3, 0.4) is 0 Å². The molecule has 1 heterocycles. The average molecular weight is 732 g/mol. The lowest BCUT2D eigenvalue weighted by Crippen LogP contribution is -2.30. The molecule has 0 aliphatic carbocycles. The van der Waals surface area contributed by atoms with Crippen LogP contribution in [0.1, 0.15) is 29.3 Å². The summed E-state index contributed by atoms with van der Waals surface area (Å²) in [5, 5.41) is 11.1. The average Bonchev–Trinajstić information content (AvgIpc) is 3.52. The molecule has 5 aromatic rings. The van der Waals surface area contributed by atoms with Crippen molar-refractivity contribution in [2.24, 2.45) is 0 Å². The number of benzene rings is 4. The predicted molar refractivity (Wildman–Crippen MR) is 192 cm³/mol. The molecule has 1 atom stereocenters. The Balaban J connectivity index is 1.28. The van der Waals surface area contributed by atoms with Crippen molar-refractivity contribution in [2.45, 2.75) is 23.5 Å². The number of hydrogen-bond acceptors (Lipinski definition) is 6. The van der Waals surface area contributed by atoms with Gasteiger partial charge in [0.25, 0.3) is 11.8 Å². The molecule has 0 aliphatic rings. The van der Waals surface area contributed by atoms with Gasteiger partial charge < -0.3 is 16.0 Å².